The third-order valence-electron chi connectivity index (χ3n) is 5.25. The van der Waals surface area contributed by atoms with Crippen molar-refractivity contribution in [1.82, 2.24) is 14.8 Å². The van der Waals surface area contributed by atoms with Crippen molar-refractivity contribution < 1.29 is 9.50 Å². The molecule has 0 unspecified atom stereocenters. The van der Waals surface area contributed by atoms with E-state index in [-0.39, 0.29) is 18.3 Å². The second-order valence-corrected chi connectivity index (χ2v) is 6.68. The molecule has 128 valence electrons. The zero-order valence-electron chi connectivity index (χ0n) is 13.9. The molecule has 2 fully saturated rings. The highest BCUT2D eigenvalue weighted by molar-refractivity contribution is 5.39. The molecule has 0 spiro atoms. The van der Waals surface area contributed by atoms with E-state index in [2.05, 4.69) is 26.6 Å². The Morgan fingerprint density at radius 2 is 1.83 bits per heavy atom. The number of anilines is 1. The first-order chi connectivity index (χ1) is 11.2. The molecule has 6 heteroatoms. The number of piperazine rings is 1. The lowest BCUT2D eigenvalue weighted by Crippen LogP contribution is -2.48. The molecule has 5 nitrogen and oxygen atoms in total. The van der Waals surface area contributed by atoms with Crippen LogP contribution in [0.25, 0.3) is 0 Å². The summed E-state index contributed by atoms with van der Waals surface area (Å²) in [5.74, 6) is 1.21. The summed E-state index contributed by atoms with van der Waals surface area (Å²) < 4.78 is 13.0. The summed E-state index contributed by atoms with van der Waals surface area (Å²) in [4.78, 5) is 11.3. The van der Waals surface area contributed by atoms with E-state index in [1.165, 1.54) is 12.3 Å². The SMILES string of the molecule is CCN1CCN(C[C@@H]2CN(c3ccc(F)cn3)C[C@@H]2CO)CC1. The highest BCUT2D eigenvalue weighted by Crippen LogP contribution is 2.28. The maximum Gasteiger partial charge on any atom is 0.141 e. The molecule has 0 aromatic carbocycles. The largest absolute Gasteiger partial charge is 0.396 e. The van der Waals surface area contributed by atoms with Gasteiger partial charge in [-0.3, -0.25) is 0 Å². The third-order valence-corrected chi connectivity index (χ3v) is 5.25. The van der Waals surface area contributed by atoms with Gasteiger partial charge in [0.15, 0.2) is 0 Å². The molecule has 0 bridgehead atoms. The van der Waals surface area contributed by atoms with Gasteiger partial charge in [0, 0.05) is 58.3 Å². The first kappa shape index (κ1) is 16.6. The molecular weight excluding hydrogens is 295 g/mol. The van der Waals surface area contributed by atoms with Crippen molar-refractivity contribution >= 4 is 5.82 Å². The Bertz CT molecular complexity index is 490. The maximum atomic E-state index is 13.0. The lowest BCUT2D eigenvalue weighted by atomic mass is 9.96. The Labute approximate surface area is 137 Å². The number of aliphatic hydroxyl groups excluding tert-OH is 1. The molecule has 2 atom stereocenters. The van der Waals surface area contributed by atoms with Gasteiger partial charge in [-0.2, -0.15) is 0 Å². The summed E-state index contributed by atoms with van der Waals surface area (Å²) in [7, 11) is 0. The van der Waals surface area contributed by atoms with E-state index in [0.717, 1.165) is 58.2 Å². The normalized spacial score (nSPS) is 26.8. The number of pyridine rings is 1. The molecule has 0 radical (unpaired) electrons. The van der Waals surface area contributed by atoms with Crippen LogP contribution in [0.3, 0.4) is 0 Å². The van der Waals surface area contributed by atoms with E-state index in [9.17, 15) is 9.50 Å². The fourth-order valence-electron chi connectivity index (χ4n) is 3.71. The number of rotatable bonds is 5. The van der Waals surface area contributed by atoms with E-state index < -0.39 is 0 Å². The Balaban J connectivity index is 1.58. The number of aromatic nitrogens is 1. The van der Waals surface area contributed by atoms with Gasteiger partial charge >= 0.3 is 0 Å². The Morgan fingerprint density at radius 3 is 2.43 bits per heavy atom. The number of likely N-dealkylation sites (N-methyl/N-ethyl adjacent to an activating group) is 1. The lowest BCUT2D eigenvalue weighted by molar-refractivity contribution is 0.106. The topological polar surface area (TPSA) is 42.8 Å². The molecule has 3 rings (SSSR count). The molecule has 3 heterocycles. The van der Waals surface area contributed by atoms with Crippen LogP contribution in [0.15, 0.2) is 18.3 Å². The van der Waals surface area contributed by atoms with E-state index in [4.69, 9.17) is 0 Å². The predicted octanol–water partition coefficient (Wildman–Crippen LogP) is 0.903. The van der Waals surface area contributed by atoms with Crippen LogP contribution in [-0.2, 0) is 0 Å². The average Bonchev–Trinajstić information content (AvgIpc) is 2.99. The molecule has 23 heavy (non-hydrogen) atoms. The van der Waals surface area contributed by atoms with Gasteiger partial charge in [-0.05, 0) is 24.6 Å². The first-order valence-corrected chi connectivity index (χ1v) is 8.61. The summed E-state index contributed by atoms with van der Waals surface area (Å²) in [6.45, 7) is 10.7. The average molecular weight is 322 g/mol. The van der Waals surface area contributed by atoms with Crippen molar-refractivity contribution in [2.24, 2.45) is 11.8 Å². The van der Waals surface area contributed by atoms with E-state index in [1.54, 1.807) is 6.07 Å². The number of aliphatic hydroxyl groups is 1. The van der Waals surface area contributed by atoms with Crippen LogP contribution in [0.5, 0.6) is 0 Å². The van der Waals surface area contributed by atoms with Gasteiger partial charge in [0.25, 0.3) is 0 Å². The van der Waals surface area contributed by atoms with Crippen molar-refractivity contribution in [3.8, 4) is 0 Å². The van der Waals surface area contributed by atoms with Crippen molar-refractivity contribution in [2.75, 3.05) is 63.9 Å². The van der Waals surface area contributed by atoms with Gasteiger partial charge < -0.3 is 19.8 Å². The molecule has 0 saturated carbocycles. The predicted molar refractivity (Wildman–Crippen MR) is 89.0 cm³/mol. The number of halogens is 1. The fraction of sp³-hybridized carbons (Fsp3) is 0.706. The second-order valence-electron chi connectivity index (χ2n) is 6.68. The molecule has 0 aliphatic carbocycles. The zero-order chi connectivity index (χ0) is 16.2. The first-order valence-electron chi connectivity index (χ1n) is 8.61. The minimum absolute atomic E-state index is 0.206. The standard InChI is InChI=1S/C17H27FN4O/c1-2-20-5-7-21(8-6-20)10-14-11-22(12-15(14)13-23)17-4-3-16(18)9-19-17/h3-4,9,14-15,23H,2,5-8,10-13H2,1H3/t14-,15-/m1/s1. The molecule has 1 aromatic heterocycles. The maximum absolute atomic E-state index is 13.0. The number of nitrogens with zero attached hydrogens (tertiary/aromatic N) is 4. The van der Waals surface area contributed by atoms with Gasteiger partial charge in [-0.1, -0.05) is 6.92 Å². The highest BCUT2D eigenvalue weighted by Gasteiger charge is 2.34. The third kappa shape index (κ3) is 4.00. The summed E-state index contributed by atoms with van der Waals surface area (Å²) in [6, 6.07) is 3.18. The zero-order valence-corrected chi connectivity index (χ0v) is 13.9. The summed E-state index contributed by atoms with van der Waals surface area (Å²) in [6.07, 6.45) is 1.26. The summed E-state index contributed by atoms with van der Waals surface area (Å²) in [5.41, 5.74) is 0. The van der Waals surface area contributed by atoms with Gasteiger partial charge in [-0.15, -0.1) is 0 Å². The van der Waals surface area contributed by atoms with Gasteiger partial charge in [0.2, 0.25) is 0 Å². The fourth-order valence-corrected chi connectivity index (χ4v) is 3.71. The molecular formula is C17H27FN4O. The van der Waals surface area contributed by atoms with Crippen molar-refractivity contribution in [3.05, 3.63) is 24.1 Å². The van der Waals surface area contributed by atoms with Crippen LogP contribution < -0.4 is 4.90 Å². The van der Waals surface area contributed by atoms with E-state index >= 15 is 0 Å². The summed E-state index contributed by atoms with van der Waals surface area (Å²) >= 11 is 0. The van der Waals surface area contributed by atoms with Crippen LogP contribution in [0, 0.1) is 17.7 Å². The Hall–Kier alpha value is -1.24. The minimum atomic E-state index is -0.308. The Morgan fingerprint density at radius 1 is 1.13 bits per heavy atom. The summed E-state index contributed by atoms with van der Waals surface area (Å²) in [5, 5.41) is 9.72. The Kier molecular flexibility index (Phi) is 5.46. The van der Waals surface area contributed by atoms with Crippen LogP contribution in [0.4, 0.5) is 10.2 Å². The lowest BCUT2D eigenvalue weighted by Gasteiger charge is -2.36. The van der Waals surface area contributed by atoms with Crippen molar-refractivity contribution in [1.29, 1.82) is 0 Å². The van der Waals surface area contributed by atoms with Crippen molar-refractivity contribution in [2.45, 2.75) is 6.92 Å². The van der Waals surface area contributed by atoms with Gasteiger partial charge in [-0.25, -0.2) is 9.37 Å². The van der Waals surface area contributed by atoms with Crippen LogP contribution in [0.1, 0.15) is 6.92 Å². The van der Waals surface area contributed by atoms with E-state index in [1.807, 2.05) is 0 Å². The molecule has 1 N–H and O–H groups in total. The molecule has 2 aliphatic rings. The second kappa shape index (κ2) is 7.55. The molecule has 0 amide bonds. The van der Waals surface area contributed by atoms with Gasteiger partial charge in [0.1, 0.15) is 11.6 Å². The molecule has 2 aliphatic heterocycles. The highest BCUT2D eigenvalue weighted by atomic mass is 19.1. The molecule has 2 saturated heterocycles. The number of hydrogen-bond donors (Lipinski definition) is 1. The van der Waals surface area contributed by atoms with Crippen molar-refractivity contribution in [3.63, 3.8) is 0 Å². The quantitative estimate of drug-likeness (QED) is 0.873. The van der Waals surface area contributed by atoms with Crippen LogP contribution in [-0.4, -0.2) is 78.9 Å². The minimum Gasteiger partial charge on any atom is -0.396 e. The van der Waals surface area contributed by atoms with Crippen LogP contribution >= 0.6 is 0 Å². The smallest absolute Gasteiger partial charge is 0.141 e. The van der Waals surface area contributed by atoms with Crippen LogP contribution in [0.2, 0.25) is 0 Å². The monoisotopic (exact) mass is 322 g/mol. The number of hydrogen-bond acceptors (Lipinski definition) is 5. The van der Waals surface area contributed by atoms with Gasteiger partial charge in [0.05, 0.1) is 6.20 Å². The molecule has 1 aromatic rings. The van der Waals surface area contributed by atoms with E-state index in [0.29, 0.717) is 5.92 Å².